The predicted octanol–water partition coefficient (Wildman–Crippen LogP) is 4.01. The van der Waals surface area contributed by atoms with Crippen LogP contribution in [0.4, 0.5) is 8.78 Å². The highest BCUT2D eigenvalue weighted by Gasteiger charge is 2.19. The second-order valence-corrected chi connectivity index (χ2v) is 5.17. The van der Waals surface area contributed by atoms with Crippen molar-refractivity contribution in [1.29, 1.82) is 0 Å². The van der Waals surface area contributed by atoms with Crippen molar-refractivity contribution >= 4 is 15.9 Å². The number of aliphatic hydroxyl groups excluding tert-OH is 1. The van der Waals surface area contributed by atoms with Gasteiger partial charge in [-0.25, -0.2) is 8.78 Å². The highest BCUT2D eigenvalue weighted by molar-refractivity contribution is 9.10. The summed E-state index contributed by atoms with van der Waals surface area (Å²) < 4.78 is 33.1. The maximum atomic E-state index is 13.6. The van der Waals surface area contributed by atoms with Gasteiger partial charge in [0.25, 0.3) is 0 Å². The fourth-order valence-electron chi connectivity index (χ4n) is 1.97. The fourth-order valence-corrected chi connectivity index (χ4v) is 2.38. The molecule has 0 radical (unpaired) electrons. The minimum Gasteiger partial charge on any atom is -0.497 e. The Labute approximate surface area is 124 Å². The molecule has 0 amide bonds. The van der Waals surface area contributed by atoms with Crippen LogP contribution in [0, 0.1) is 11.6 Å². The molecule has 0 saturated heterocycles. The van der Waals surface area contributed by atoms with Crippen LogP contribution < -0.4 is 4.74 Å². The molecule has 0 aliphatic carbocycles. The molecule has 20 heavy (non-hydrogen) atoms. The van der Waals surface area contributed by atoms with Crippen LogP contribution in [0.1, 0.15) is 17.2 Å². The van der Waals surface area contributed by atoms with Gasteiger partial charge in [-0.2, -0.15) is 0 Å². The molecule has 1 N–H and O–H groups in total. The van der Waals surface area contributed by atoms with Crippen molar-refractivity contribution in [2.24, 2.45) is 0 Å². The zero-order chi connectivity index (χ0) is 14.7. The van der Waals surface area contributed by atoms with Gasteiger partial charge in [0.15, 0.2) is 0 Å². The maximum absolute atomic E-state index is 13.6. The Hall–Kier alpha value is -1.46. The van der Waals surface area contributed by atoms with Crippen molar-refractivity contribution in [2.75, 3.05) is 7.11 Å². The Morgan fingerprint density at radius 2 is 1.85 bits per heavy atom. The van der Waals surface area contributed by atoms with Crippen molar-refractivity contribution < 1.29 is 18.6 Å². The van der Waals surface area contributed by atoms with E-state index >= 15 is 0 Å². The molecule has 2 rings (SSSR count). The molecule has 0 heterocycles. The molecule has 0 aromatic heterocycles. The second-order valence-electron chi connectivity index (χ2n) is 4.31. The van der Waals surface area contributed by atoms with Crippen molar-refractivity contribution in [3.05, 3.63) is 63.6 Å². The molecular formula is C15H13BrF2O2. The van der Waals surface area contributed by atoms with Crippen molar-refractivity contribution in [2.45, 2.75) is 12.5 Å². The van der Waals surface area contributed by atoms with E-state index in [2.05, 4.69) is 15.9 Å². The average Bonchev–Trinajstić information content (AvgIpc) is 2.41. The highest BCUT2D eigenvalue weighted by Crippen LogP contribution is 2.29. The standard InChI is InChI=1S/C15H13BrF2O2/c1-20-10-5-6-11(16)9(7-10)8-14(19)15-12(17)3-2-4-13(15)18/h2-7,14,19H,8H2,1H3. The second kappa shape index (κ2) is 6.33. The number of methoxy groups -OCH3 is 1. The first-order chi connectivity index (χ1) is 9.52. The van der Waals surface area contributed by atoms with Gasteiger partial charge >= 0.3 is 0 Å². The van der Waals surface area contributed by atoms with E-state index in [1.807, 2.05) is 0 Å². The van der Waals surface area contributed by atoms with Gasteiger partial charge in [-0.15, -0.1) is 0 Å². The molecule has 0 bridgehead atoms. The minimum atomic E-state index is -1.26. The number of aliphatic hydroxyl groups is 1. The molecule has 0 fully saturated rings. The number of benzene rings is 2. The monoisotopic (exact) mass is 342 g/mol. The molecule has 106 valence electrons. The van der Waals surface area contributed by atoms with Crippen LogP contribution in [0.2, 0.25) is 0 Å². The molecule has 2 nitrogen and oxygen atoms in total. The molecule has 0 aliphatic heterocycles. The lowest BCUT2D eigenvalue weighted by Gasteiger charge is -2.14. The summed E-state index contributed by atoms with van der Waals surface area (Å²) in [4.78, 5) is 0. The average molecular weight is 343 g/mol. The van der Waals surface area contributed by atoms with E-state index in [1.165, 1.54) is 13.2 Å². The SMILES string of the molecule is COc1ccc(Br)c(CC(O)c2c(F)cccc2F)c1. The summed E-state index contributed by atoms with van der Waals surface area (Å²) in [5.41, 5.74) is 0.390. The summed E-state index contributed by atoms with van der Waals surface area (Å²) in [5, 5.41) is 10.1. The summed E-state index contributed by atoms with van der Waals surface area (Å²) in [6.45, 7) is 0. The first kappa shape index (κ1) is 14.9. The lowest BCUT2D eigenvalue weighted by Crippen LogP contribution is -2.07. The maximum Gasteiger partial charge on any atom is 0.131 e. The minimum absolute atomic E-state index is 0.0790. The lowest BCUT2D eigenvalue weighted by molar-refractivity contribution is 0.168. The zero-order valence-corrected chi connectivity index (χ0v) is 12.3. The first-order valence-corrected chi connectivity index (χ1v) is 6.76. The van der Waals surface area contributed by atoms with Gasteiger partial charge in [0.2, 0.25) is 0 Å². The molecule has 1 atom stereocenters. The third kappa shape index (κ3) is 3.16. The van der Waals surface area contributed by atoms with Gasteiger partial charge < -0.3 is 9.84 Å². The van der Waals surface area contributed by atoms with Gasteiger partial charge in [0.05, 0.1) is 18.8 Å². The van der Waals surface area contributed by atoms with Gasteiger partial charge in [-0.3, -0.25) is 0 Å². The summed E-state index contributed by atoms with van der Waals surface area (Å²) in [5.74, 6) is -0.891. The van der Waals surface area contributed by atoms with E-state index in [4.69, 9.17) is 4.74 Å². The topological polar surface area (TPSA) is 29.5 Å². The van der Waals surface area contributed by atoms with E-state index in [9.17, 15) is 13.9 Å². The van der Waals surface area contributed by atoms with E-state index in [0.717, 1.165) is 16.6 Å². The quantitative estimate of drug-likeness (QED) is 0.909. The largest absolute Gasteiger partial charge is 0.497 e. The molecule has 0 aliphatic rings. The van der Waals surface area contributed by atoms with Crippen LogP contribution in [0.25, 0.3) is 0 Å². The molecule has 0 spiro atoms. The molecule has 5 heteroatoms. The van der Waals surface area contributed by atoms with Crippen LogP contribution in [-0.2, 0) is 6.42 Å². The first-order valence-electron chi connectivity index (χ1n) is 5.97. The molecule has 2 aromatic rings. The van der Waals surface area contributed by atoms with Crippen molar-refractivity contribution in [1.82, 2.24) is 0 Å². The third-order valence-electron chi connectivity index (χ3n) is 3.00. The number of rotatable bonds is 4. The summed E-state index contributed by atoms with van der Waals surface area (Å²) in [7, 11) is 1.53. The normalized spacial score (nSPS) is 12.2. The van der Waals surface area contributed by atoms with Gasteiger partial charge in [0.1, 0.15) is 17.4 Å². The van der Waals surface area contributed by atoms with E-state index in [1.54, 1.807) is 18.2 Å². The van der Waals surface area contributed by atoms with Crippen LogP contribution in [0.3, 0.4) is 0 Å². The molecular weight excluding hydrogens is 330 g/mol. The Kier molecular flexibility index (Phi) is 4.73. The lowest BCUT2D eigenvalue weighted by atomic mass is 10.0. The zero-order valence-electron chi connectivity index (χ0n) is 10.7. The van der Waals surface area contributed by atoms with Crippen LogP contribution in [-0.4, -0.2) is 12.2 Å². The Balaban J connectivity index is 2.30. The predicted molar refractivity (Wildman–Crippen MR) is 75.7 cm³/mol. The van der Waals surface area contributed by atoms with E-state index < -0.39 is 17.7 Å². The molecule has 1 unspecified atom stereocenters. The van der Waals surface area contributed by atoms with Crippen LogP contribution in [0.15, 0.2) is 40.9 Å². The smallest absolute Gasteiger partial charge is 0.131 e. The Morgan fingerprint density at radius 3 is 2.45 bits per heavy atom. The van der Waals surface area contributed by atoms with E-state index in [-0.39, 0.29) is 12.0 Å². The summed E-state index contributed by atoms with van der Waals surface area (Å²) in [6, 6.07) is 8.75. The van der Waals surface area contributed by atoms with Crippen LogP contribution >= 0.6 is 15.9 Å². The number of ether oxygens (including phenoxy) is 1. The van der Waals surface area contributed by atoms with E-state index in [0.29, 0.717) is 11.3 Å². The summed E-state index contributed by atoms with van der Waals surface area (Å²) in [6.07, 6.45) is -1.19. The van der Waals surface area contributed by atoms with Gasteiger partial charge in [-0.1, -0.05) is 22.0 Å². The van der Waals surface area contributed by atoms with Crippen molar-refractivity contribution in [3.63, 3.8) is 0 Å². The third-order valence-corrected chi connectivity index (χ3v) is 3.77. The molecule has 2 aromatic carbocycles. The Bertz CT molecular complexity index is 597. The van der Waals surface area contributed by atoms with Gasteiger partial charge in [0, 0.05) is 10.9 Å². The number of hydrogen-bond acceptors (Lipinski definition) is 2. The molecule has 0 saturated carbocycles. The summed E-state index contributed by atoms with van der Waals surface area (Å²) >= 11 is 3.34. The number of halogens is 3. The Morgan fingerprint density at radius 1 is 1.20 bits per heavy atom. The van der Waals surface area contributed by atoms with Gasteiger partial charge in [-0.05, 0) is 35.9 Å². The highest BCUT2D eigenvalue weighted by atomic mass is 79.9. The van der Waals surface area contributed by atoms with Crippen molar-refractivity contribution in [3.8, 4) is 5.75 Å². The fraction of sp³-hybridized carbons (Fsp3) is 0.200. The number of hydrogen-bond donors (Lipinski definition) is 1. The van der Waals surface area contributed by atoms with Crippen LogP contribution in [0.5, 0.6) is 5.75 Å².